The molecule has 4 rings (SSSR count). The maximum absolute atomic E-state index is 13.0. The molecule has 0 N–H and O–H groups in total. The third-order valence-corrected chi connectivity index (χ3v) is 5.23. The molecule has 0 saturated carbocycles. The summed E-state index contributed by atoms with van der Waals surface area (Å²) in [5, 5.41) is 8.94. The average Bonchev–Trinajstić information content (AvgIpc) is 3.39. The molecule has 3 heterocycles. The van der Waals surface area contributed by atoms with Gasteiger partial charge >= 0.3 is 0 Å². The van der Waals surface area contributed by atoms with Gasteiger partial charge in [-0.25, -0.2) is 0 Å². The normalized spacial score (nSPS) is 16.8. The highest BCUT2D eigenvalue weighted by molar-refractivity contribution is 8.18. The lowest BCUT2D eigenvalue weighted by molar-refractivity contribution is -0.122. The molecule has 1 amide bonds. The van der Waals surface area contributed by atoms with Crippen molar-refractivity contribution in [2.75, 3.05) is 7.11 Å². The van der Waals surface area contributed by atoms with E-state index in [0.717, 1.165) is 16.9 Å². The van der Waals surface area contributed by atoms with Gasteiger partial charge in [0.15, 0.2) is 5.17 Å². The first-order valence-electron chi connectivity index (χ1n) is 9.12. The molecule has 0 unspecified atom stereocenters. The average molecular weight is 418 g/mol. The van der Waals surface area contributed by atoms with E-state index in [2.05, 4.69) is 15.2 Å². The number of benzene rings is 1. The van der Waals surface area contributed by atoms with E-state index < -0.39 is 0 Å². The number of pyridine rings is 1. The second-order valence-corrected chi connectivity index (χ2v) is 7.28. The van der Waals surface area contributed by atoms with Gasteiger partial charge in [-0.1, -0.05) is 6.07 Å². The van der Waals surface area contributed by atoms with Crippen LogP contribution in [0.3, 0.4) is 0 Å². The fraction of sp³-hybridized carbons (Fsp3) is 0.0909. The molecular weight excluding hydrogens is 400 g/mol. The van der Waals surface area contributed by atoms with Crippen LogP contribution in [-0.4, -0.2) is 34.3 Å². The number of rotatable bonds is 6. The van der Waals surface area contributed by atoms with E-state index in [1.54, 1.807) is 49.0 Å². The lowest BCUT2D eigenvalue weighted by atomic mass is 10.2. The topological polar surface area (TPSA) is 80.3 Å². The van der Waals surface area contributed by atoms with Crippen LogP contribution < -0.4 is 4.74 Å². The summed E-state index contributed by atoms with van der Waals surface area (Å²) >= 11 is 1.27. The Morgan fingerprint density at radius 2 is 2.03 bits per heavy atom. The summed E-state index contributed by atoms with van der Waals surface area (Å²) in [7, 11) is 1.62. The van der Waals surface area contributed by atoms with Gasteiger partial charge in [0, 0.05) is 12.4 Å². The number of hydrogen-bond acceptors (Lipinski definition) is 7. The molecular formula is C22H18N4O3S. The monoisotopic (exact) mass is 418 g/mol. The molecule has 1 aliphatic rings. The lowest BCUT2D eigenvalue weighted by Crippen LogP contribution is -2.28. The summed E-state index contributed by atoms with van der Waals surface area (Å²) in [5.74, 6) is 1.28. The quantitative estimate of drug-likeness (QED) is 0.341. The number of carbonyl (C=O) groups excluding carboxylic acids is 1. The molecule has 1 saturated heterocycles. The molecule has 8 heteroatoms. The van der Waals surface area contributed by atoms with Crippen LogP contribution in [0.25, 0.3) is 6.08 Å². The molecule has 0 atom stereocenters. The molecule has 3 aromatic rings. The van der Waals surface area contributed by atoms with Crippen LogP contribution in [0.1, 0.15) is 16.9 Å². The summed E-state index contributed by atoms with van der Waals surface area (Å²) in [4.78, 5) is 19.2. The summed E-state index contributed by atoms with van der Waals surface area (Å²) in [6.07, 6.45) is 8.40. The molecule has 2 aromatic heterocycles. The first kappa shape index (κ1) is 19.7. The van der Waals surface area contributed by atoms with E-state index in [-0.39, 0.29) is 12.5 Å². The van der Waals surface area contributed by atoms with Gasteiger partial charge in [-0.15, -0.1) is 5.10 Å². The van der Waals surface area contributed by atoms with Crippen LogP contribution in [0.15, 0.2) is 86.7 Å². The van der Waals surface area contributed by atoms with Crippen molar-refractivity contribution < 1.29 is 13.9 Å². The smallest absolute Gasteiger partial charge is 0.267 e. The van der Waals surface area contributed by atoms with Crippen LogP contribution in [0.5, 0.6) is 5.75 Å². The second kappa shape index (κ2) is 9.23. The fourth-order valence-corrected chi connectivity index (χ4v) is 3.66. The van der Waals surface area contributed by atoms with Gasteiger partial charge in [0.2, 0.25) is 0 Å². The Morgan fingerprint density at radius 3 is 2.73 bits per heavy atom. The van der Waals surface area contributed by atoms with Gasteiger partial charge in [0.1, 0.15) is 11.5 Å². The van der Waals surface area contributed by atoms with E-state index >= 15 is 0 Å². The van der Waals surface area contributed by atoms with E-state index in [4.69, 9.17) is 9.15 Å². The van der Waals surface area contributed by atoms with Crippen molar-refractivity contribution >= 4 is 35.1 Å². The zero-order valence-corrected chi connectivity index (χ0v) is 17.0. The van der Waals surface area contributed by atoms with Crippen molar-refractivity contribution in [3.63, 3.8) is 0 Å². The van der Waals surface area contributed by atoms with Gasteiger partial charge in [-0.3, -0.25) is 14.7 Å². The number of thioether (sulfide) groups is 1. The molecule has 1 aliphatic heterocycles. The van der Waals surface area contributed by atoms with Crippen molar-refractivity contribution in [3.8, 4) is 5.75 Å². The molecule has 150 valence electrons. The third-order valence-electron chi connectivity index (χ3n) is 4.23. The number of carbonyl (C=O) groups is 1. The van der Waals surface area contributed by atoms with Crippen molar-refractivity contribution in [3.05, 3.63) is 89.0 Å². The SMILES string of the molecule is COc1ccc(/C=N\N=C2\S/C(=C\c3cccnc3)C(=O)N2Cc2ccco2)cc1. The molecule has 0 aliphatic carbocycles. The number of ether oxygens (including phenoxy) is 1. The number of amides is 1. The van der Waals surface area contributed by atoms with Crippen LogP contribution in [0.2, 0.25) is 0 Å². The molecule has 0 bridgehead atoms. The standard InChI is InChI=1S/C22H18N4O3S/c1-28-18-8-6-16(7-9-18)14-24-25-22-26(15-19-5-3-11-29-19)21(27)20(30-22)12-17-4-2-10-23-13-17/h2-14H,15H2,1H3/b20-12-,24-14-,25-22+. The highest BCUT2D eigenvalue weighted by Crippen LogP contribution is 2.33. The highest BCUT2D eigenvalue weighted by atomic mass is 32.2. The van der Waals surface area contributed by atoms with Crippen molar-refractivity contribution in [2.45, 2.75) is 6.54 Å². The highest BCUT2D eigenvalue weighted by Gasteiger charge is 2.34. The first-order valence-corrected chi connectivity index (χ1v) is 9.93. The number of furan rings is 1. The van der Waals surface area contributed by atoms with Crippen LogP contribution in [-0.2, 0) is 11.3 Å². The molecule has 0 spiro atoms. The lowest BCUT2D eigenvalue weighted by Gasteiger charge is -2.12. The molecule has 1 fully saturated rings. The number of methoxy groups -OCH3 is 1. The fourth-order valence-electron chi connectivity index (χ4n) is 2.73. The van der Waals surface area contributed by atoms with E-state index in [1.165, 1.54) is 11.8 Å². The zero-order valence-electron chi connectivity index (χ0n) is 16.1. The van der Waals surface area contributed by atoms with Crippen molar-refractivity contribution in [1.29, 1.82) is 0 Å². The van der Waals surface area contributed by atoms with E-state index in [9.17, 15) is 4.79 Å². The predicted octanol–water partition coefficient (Wildman–Crippen LogP) is 4.19. The number of aromatic nitrogens is 1. The van der Waals surface area contributed by atoms with E-state index in [1.807, 2.05) is 42.5 Å². The number of amidine groups is 1. The minimum Gasteiger partial charge on any atom is -0.497 e. The Kier molecular flexibility index (Phi) is 6.05. The van der Waals surface area contributed by atoms with Crippen LogP contribution in [0, 0.1) is 0 Å². The summed E-state index contributed by atoms with van der Waals surface area (Å²) in [5.41, 5.74) is 1.72. The molecule has 0 radical (unpaired) electrons. The van der Waals surface area contributed by atoms with Crippen molar-refractivity contribution in [2.24, 2.45) is 10.2 Å². The van der Waals surface area contributed by atoms with Crippen molar-refractivity contribution in [1.82, 2.24) is 9.88 Å². The first-order chi connectivity index (χ1) is 14.7. The van der Waals surface area contributed by atoms with Gasteiger partial charge in [0.25, 0.3) is 5.91 Å². The van der Waals surface area contributed by atoms with Gasteiger partial charge in [-0.05, 0) is 71.4 Å². The maximum atomic E-state index is 13.0. The zero-order chi connectivity index (χ0) is 20.8. The Hall–Kier alpha value is -3.65. The largest absolute Gasteiger partial charge is 0.497 e. The Labute approximate surface area is 177 Å². The third kappa shape index (κ3) is 4.66. The predicted molar refractivity (Wildman–Crippen MR) is 117 cm³/mol. The van der Waals surface area contributed by atoms with Crippen LogP contribution >= 0.6 is 11.8 Å². The van der Waals surface area contributed by atoms with E-state index in [0.29, 0.717) is 15.8 Å². The molecule has 30 heavy (non-hydrogen) atoms. The summed E-state index contributed by atoms with van der Waals surface area (Å²) in [6, 6.07) is 14.8. The number of hydrogen-bond donors (Lipinski definition) is 0. The Bertz CT molecular complexity index is 1090. The molecule has 1 aromatic carbocycles. The maximum Gasteiger partial charge on any atom is 0.267 e. The summed E-state index contributed by atoms with van der Waals surface area (Å²) in [6.45, 7) is 0.278. The minimum atomic E-state index is -0.154. The second-order valence-electron chi connectivity index (χ2n) is 6.27. The van der Waals surface area contributed by atoms with Crippen LogP contribution in [0.4, 0.5) is 0 Å². The molecule has 7 nitrogen and oxygen atoms in total. The minimum absolute atomic E-state index is 0.154. The Morgan fingerprint density at radius 1 is 1.17 bits per heavy atom. The van der Waals surface area contributed by atoms with Gasteiger partial charge < -0.3 is 9.15 Å². The van der Waals surface area contributed by atoms with Gasteiger partial charge in [0.05, 0.1) is 31.0 Å². The Balaban J connectivity index is 1.59. The van der Waals surface area contributed by atoms with Gasteiger partial charge in [-0.2, -0.15) is 5.10 Å². The summed E-state index contributed by atoms with van der Waals surface area (Å²) < 4.78 is 10.6. The number of nitrogens with zero attached hydrogens (tertiary/aromatic N) is 4.